The van der Waals surface area contributed by atoms with Crippen LogP contribution in [0.5, 0.6) is 5.75 Å². The SMILES string of the molecule is OCCOc1ccc(F)c(-c2cc3ccn(Cn4nnc5ccccc54)cc-3n2)c1. The van der Waals surface area contributed by atoms with Gasteiger partial charge in [0.1, 0.15) is 30.4 Å². The number of hydrogen-bond donors (Lipinski definition) is 1. The Hall–Kier alpha value is -3.78. The molecule has 150 valence electrons. The quantitative estimate of drug-likeness (QED) is 0.470. The summed E-state index contributed by atoms with van der Waals surface area (Å²) >= 11 is 0. The van der Waals surface area contributed by atoms with Gasteiger partial charge in [-0.1, -0.05) is 17.3 Å². The zero-order chi connectivity index (χ0) is 20.5. The minimum atomic E-state index is -0.379. The van der Waals surface area contributed by atoms with Gasteiger partial charge in [-0.05, 0) is 42.5 Å². The number of aliphatic hydroxyl groups excluding tert-OH is 1. The third-order valence-electron chi connectivity index (χ3n) is 4.85. The molecular formula is C22H18FN5O2. The van der Waals surface area contributed by atoms with Crippen LogP contribution in [0.25, 0.3) is 33.5 Å². The third kappa shape index (κ3) is 3.37. The van der Waals surface area contributed by atoms with Crippen molar-refractivity contribution in [2.24, 2.45) is 0 Å². The fraction of sp³-hybridized carbons (Fsp3) is 0.136. The third-order valence-corrected chi connectivity index (χ3v) is 4.85. The highest BCUT2D eigenvalue weighted by Gasteiger charge is 2.15. The van der Waals surface area contributed by atoms with Crippen molar-refractivity contribution in [3.8, 4) is 28.3 Å². The van der Waals surface area contributed by atoms with Crippen molar-refractivity contribution in [2.45, 2.75) is 6.67 Å². The van der Waals surface area contributed by atoms with Crippen molar-refractivity contribution >= 4 is 11.0 Å². The number of ether oxygens (including phenoxy) is 1. The number of aromatic nitrogens is 5. The van der Waals surface area contributed by atoms with E-state index in [9.17, 15) is 4.39 Å². The molecule has 0 radical (unpaired) electrons. The van der Waals surface area contributed by atoms with Gasteiger partial charge in [0.05, 0.1) is 23.5 Å². The Labute approximate surface area is 171 Å². The van der Waals surface area contributed by atoms with Crippen LogP contribution in [0.4, 0.5) is 4.39 Å². The number of hydrogen-bond acceptors (Lipinski definition) is 5. The maximum Gasteiger partial charge on any atom is 0.132 e. The zero-order valence-corrected chi connectivity index (χ0v) is 15.9. The fourth-order valence-electron chi connectivity index (χ4n) is 3.42. The summed E-state index contributed by atoms with van der Waals surface area (Å²) in [6, 6.07) is 16.0. The van der Waals surface area contributed by atoms with E-state index in [2.05, 4.69) is 15.3 Å². The number of rotatable bonds is 6. The molecule has 0 spiro atoms. The van der Waals surface area contributed by atoms with Gasteiger partial charge in [0, 0.05) is 23.5 Å². The van der Waals surface area contributed by atoms with Crippen LogP contribution < -0.4 is 4.74 Å². The molecule has 0 atom stereocenters. The molecule has 1 aromatic heterocycles. The van der Waals surface area contributed by atoms with E-state index in [1.54, 1.807) is 6.07 Å². The lowest BCUT2D eigenvalue weighted by atomic mass is 10.1. The molecule has 30 heavy (non-hydrogen) atoms. The molecule has 0 saturated carbocycles. The molecule has 0 aliphatic carbocycles. The standard InChI is InChI=1S/C22H18FN5O2/c23-18-6-5-16(30-10-9-29)12-17(18)20-11-15-7-8-27(13-21(15)24-20)14-28-22-4-2-1-3-19(22)25-26-28/h1-8,11-13,29H,9-10,14H2. The highest BCUT2D eigenvalue weighted by atomic mass is 19.1. The molecule has 2 aliphatic heterocycles. The maximum absolute atomic E-state index is 14.4. The van der Waals surface area contributed by atoms with Gasteiger partial charge in [0.25, 0.3) is 0 Å². The van der Waals surface area contributed by atoms with E-state index in [0.29, 0.717) is 23.7 Å². The molecule has 0 saturated heterocycles. The van der Waals surface area contributed by atoms with E-state index in [1.807, 2.05) is 58.0 Å². The van der Waals surface area contributed by atoms with Crippen molar-refractivity contribution in [1.29, 1.82) is 0 Å². The molecular weight excluding hydrogens is 385 g/mol. The summed E-state index contributed by atoms with van der Waals surface area (Å²) in [5.74, 6) is 0.108. The first-order chi connectivity index (χ1) is 14.7. The lowest BCUT2D eigenvalue weighted by Crippen LogP contribution is -2.09. The summed E-state index contributed by atoms with van der Waals surface area (Å²) < 4.78 is 23.6. The van der Waals surface area contributed by atoms with E-state index in [0.717, 1.165) is 22.3 Å². The summed E-state index contributed by atoms with van der Waals surface area (Å²) in [5, 5.41) is 17.3. The molecule has 0 bridgehead atoms. The second kappa shape index (κ2) is 7.57. The number of benzene rings is 2. The highest BCUT2D eigenvalue weighted by Crippen LogP contribution is 2.32. The summed E-state index contributed by atoms with van der Waals surface area (Å²) in [6.07, 6.45) is 3.83. The van der Waals surface area contributed by atoms with Gasteiger partial charge < -0.3 is 14.4 Å². The lowest BCUT2D eigenvalue weighted by molar-refractivity contribution is 0.201. The fourth-order valence-corrected chi connectivity index (χ4v) is 3.42. The first-order valence-electron chi connectivity index (χ1n) is 9.49. The van der Waals surface area contributed by atoms with Gasteiger partial charge in [0.15, 0.2) is 0 Å². The summed E-state index contributed by atoms with van der Waals surface area (Å²) in [5.41, 5.74) is 4.33. The molecule has 7 nitrogen and oxygen atoms in total. The van der Waals surface area contributed by atoms with Gasteiger partial charge >= 0.3 is 0 Å². The molecule has 3 heterocycles. The molecule has 5 rings (SSSR count). The van der Waals surface area contributed by atoms with Crippen LogP contribution in [0.15, 0.2) is 67.0 Å². The first-order valence-corrected chi connectivity index (χ1v) is 9.49. The van der Waals surface area contributed by atoms with Crippen molar-refractivity contribution < 1.29 is 14.2 Å². The van der Waals surface area contributed by atoms with Gasteiger partial charge in [-0.25, -0.2) is 14.1 Å². The lowest BCUT2D eigenvalue weighted by Gasteiger charge is -2.08. The summed E-state index contributed by atoms with van der Waals surface area (Å²) in [4.78, 5) is 4.61. The van der Waals surface area contributed by atoms with E-state index >= 15 is 0 Å². The Bertz CT molecular complexity index is 1300. The van der Waals surface area contributed by atoms with Crippen molar-refractivity contribution in [3.63, 3.8) is 0 Å². The molecule has 0 fully saturated rings. The van der Waals surface area contributed by atoms with Crippen LogP contribution in [-0.4, -0.2) is 42.9 Å². The Balaban J connectivity index is 1.47. The largest absolute Gasteiger partial charge is 0.491 e. The second-order valence-electron chi connectivity index (χ2n) is 6.87. The Morgan fingerprint density at radius 3 is 2.83 bits per heavy atom. The zero-order valence-electron chi connectivity index (χ0n) is 15.9. The number of para-hydroxylation sites is 1. The van der Waals surface area contributed by atoms with Crippen LogP contribution in [0.2, 0.25) is 0 Å². The van der Waals surface area contributed by atoms with Crippen molar-refractivity contribution in [2.75, 3.05) is 13.2 Å². The van der Waals surface area contributed by atoms with Crippen LogP contribution >= 0.6 is 0 Å². The van der Waals surface area contributed by atoms with E-state index in [-0.39, 0.29) is 19.0 Å². The Kier molecular flexibility index (Phi) is 4.61. The monoisotopic (exact) mass is 403 g/mol. The van der Waals surface area contributed by atoms with Crippen LogP contribution in [0.1, 0.15) is 0 Å². The number of halogens is 1. The Morgan fingerprint density at radius 2 is 1.93 bits per heavy atom. The van der Waals surface area contributed by atoms with Crippen LogP contribution in [-0.2, 0) is 6.67 Å². The smallest absolute Gasteiger partial charge is 0.132 e. The maximum atomic E-state index is 14.4. The van der Waals surface area contributed by atoms with Crippen molar-refractivity contribution in [1.82, 2.24) is 24.5 Å². The van der Waals surface area contributed by atoms with Gasteiger partial charge in [0.2, 0.25) is 0 Å². The van der Waals surface area contributed by atoms with E-state index < -0.39 is 0 Å². The van der Waals surface area contributed by atoms with E-state index in [1.165, 1.54) is 12.1 Å². The average Bonchev–Trinajstić information content (AvgIpc) is 3.37. The van der Waals surface area contributed by atoms with Crippen LogP contribution in [0, 0.1) is 5.82 Å². The topological polar surface area (TPSA) is 78.0 Å². The first kappa shape index (κ1) is 18.3. The predicted molar refractivity (Wildman–Crippen MR) is 110 cm³/mol. The van der Waals surface area contributed by atoms with Crippen molar-refractivity contribution in [3.05, 3.63) is 72.8 Å². The van der Waals surface area contributed by atoms with Gasteiger partial charge in [-0.3, -0.25) is 0 Å². The Morgan fingerprint density at radius 1 is 1.03 bits per heavy atom. The van der Waals surface area contributed by atoms with Gasteiger partial charge in [-0.15, -0.1) is 5.10 Å². The van der Waals surface area contributed by atoms with Gasteiger partial charge in [-0.2, -0.15) is 0 Å². The molecule has 2 aliphatic rings. The molecule has 0 amide bonds. The molecule has 3 aromatic rings. The summed E-state index contributed by atoms with van der Waals surface area (Å²) in [6.45, 7) is 0.530. The minimum Gasteiger partial charge on any atom is -0.491 e. The normalized spacial score (nSPS) is 11.4. The highest BCUT2D eigenvalue weighted by molar-refractivity contribution is 5.75. The molecule has 1 N–H and O–H groups in total. The number of nitrogens with zero attached hydrogens (tertiary/aromatic N) is 5. The molecule has 2 aromatic carbocycles. The average molecular weight is 403 g/mol. The molecule has 8 heteroatoms. The van der Waals surface area contributed by atoms with Crippen LogP contribution in [0.3, 0.4) is 0 Å². The number of pyridine rings is 1. The predicted octanol–water partition coefficient (Wildman–Crippen LogP) is 3.42. The molecule has 0 unspecified atom stereocenters. The number of fused-ring (bicyclic) bond motifs is 2. The second-order valence-corrected chi connectivity index (χ2v) is 6.87. The summed E-state index contributed by atoms with van der Waals surface area (Å²) in [7, 11) is 0. The minimum absolute atomic E-state index is 0.105. The number of aliphatic hydroxyl groups is 1. The van der Waals surface area contributed by atoms with E-state index in [4.69, 9.17) is 9.84 Å².